The van der Waals surface area contributed by atoms with Gasteiger partial charge in [0.05, 0.1) is 0 Å². The zero-order valence-electron chi connectivity index (χ0n) is 48.1. The quantitative estimate of drug-likeness (QED) is 0.134. The van der Waals surface area contributed by atoms with E-state index in [0.29, 0.717) is 0 Å². The fourth-order valence-electron chi connectivity index (χ4n) is 14.9. The molecule has 1 aliphatic heterocycles. The zero-order chi connectivity index (χ0) is 58.3. The molecular formula is C85H56NOTe. The molecule has 0 amide bonds. The number of hydrogen-bond acceptors (Lipinski definition) is 2. The molecule has 1 heterocycles. The summed E-state index contributed by atoms with van der Waals surface area (Å²) in [6, 6.07) is 119. The number of hydrogen-bond donors (Lipinski definition) is 0. The van der Waals surface area contributed by atoms with Crippen LogP contribution in [0.25, 0.3) is 65.3 Å². The Morgan fingerprint density at radius 2 is 0.705 bits per heavy atom. The predicted octanol–water partition coefficient (Wildman–Crippen LogP) is 19.7. The maximum absolute atomic E-state index is 15.7. The molecule has 88 heavy (non-hydrogen) atoms. The Balaban J connectivity index is 1.07. The van der Waals surface area contributed by atoms with Crippen LogP contribution in [-0.2, 0) is 10.8 Å². The number of carbonyl (C=O) groups is 1. The molecule has 3 aliphatic rings. The Hall–Kier alpha value is -10.3. The average Bonchev–Trinajstić information content (AvgIpc) is 0.676. The Morgan fingerprint density at radius 1 is 0.307 bits per heavy atom. The van der Waals surface area contributed by atoms with Crippen molar-refractivity contribution in [2.45, 2.75) is 10.8 Å². The molecule has 0 N–H and O–H groups in total. The number of fused-ring (bicyclic) bond motifs is 8. The Bertz CT molecular complexity index is 5020. The molecule has 14 aromatic rings. The van der Waals surface area contributed by atoms with Gasteiger partial charge in [0.1, 0.15) is 0 Å². The van der Waals surface area contributed by atoms with E-state index >= 15 is 4.79 Å². The second-order valence-corrected chi connectivity index (χ2v) is 26.8. The second kappa shape index (κ2) is 21.0. The van der Waals surface area contributed by atoms with Crippen LogP contribution in [0, 0.1) is 5.92 Å². The Morgan fingerprint density at radius 3 is 1.18 bits per heavy atom. The van der Waals surface area contributed by atoms with Crippen molar-refractivity contribution in [2.75, 3.05) is 4.90 Å². The van der Waals surface area contributed by atoms with Crippen molar-refractivity contribution < 1.29 is 4.79 Å². The fourth-order valence-corrected chi connectivity index (χ4v) is 18.2. The van der Waals surface area contributed by atoms with E-state index in [2.05, 4.69) is 333 Å². The van der Waals surface area contributed by atoms with E-state index in [1.54, 1.807) is 0 Å². The van der Waals surface area contributed by atoms with Crippen molar-refractivity contribution in [3.8, 4) is 22.3 Å². The van der Waals surface area contributed by atoms with E-state index in [1.807, 2.05) is 6.07 Å². The summed E-state index contributed by atoms with van der Waals surface area (Å²) in [6.45, 7) is 0. The number of ketones is 1. The van der Waals surface area contributed by atoms with E-state index < -0.39 is 37.2 Å². The molecule has 0 aromatic heterocycles. The second-order valence-electron chi connectivity index (χ2n) is 23.6. The number of benzene rings is 14. The number of rotatable bonds is 9. The third-order valence-corrected chi connectivity index (χ3v) is 22.3. The monoisotopic (exact) mass is 1240 g/mol. The number of allylic oxidation sites excluding steroid dienone is 4. The van der Waals surface area contributed by atoms with Crippen molar-refractivity contribution in [3.05, 3.63) is 384 Å². The number of carbonyl (C=O) groups excluding carboxylic acids is 1. The summed E-state index contributed by atoms with van der Waals surface area (Å²) in [4.78, 5) is 18.2. The summed E-state index contributed by atoms with van der Waals surface area (Å²) >= 11 is -1.04. The van der Waals surface area contributed by atoms with Crippen LogP contribution < -0.4 is 8.51 Å². The van der Waals surface area contributed by atoms with Gasteiger partial charge in [0.2, 0.25) is 0 Å². The molecule has 0 bridgehead atoms. The van der Waals surface area contributed by atoms with Gasteiger partial charge in [-0.05, 0) is 0 Å². The van der Waals surface area contributed by atoms with Crippen molar-refractivity contribution in [1.29, 1.82) is 0 Å². The van der Waals surface area contributed by atoms with Crippen molar-refractivity contribution in [3.63, 3.8) is 0 Å². The van der Waals surface area contributed by atoms with Gasteiger partial charge in [0.15, 0.2) is 0 Å². The van der Waals surface area contributed by atoms with Crippen LogP contribution in [-0.4, -0.2) is 29.8 Å². The van der Waals surface area contributed by atoms with Gasteiger partial charge in [0.25, 0.3) is 0 Å². The molecule has 1 unspecified atom stereocenters. The molecule has 0 saturated heterocycles. The molecular weight excluding hydrogens is 1180 g/mol. The summed E-state index contributed by atoms with van der Waals surface area (Å²) in [7, 11) is 0. The molecule has 2 nitrogen and oxygen atoms in total. The van der Waals surface area contributed by atoms with E-state index in [9.17, 15) is 0 Å². The third kappa shape index (κ3) is 8.30. The van der Waals surface area contributed by atoms with Crippen LogP contribution in [0.15, 0.2) is 345 Å². The van der Waals surface area contributed by atoms with Crippen LogP contribution in [0.4, 0.5) is 17.1 Å². The average molecular weight is 1230 g/mol. The maximum atomic E-state index is 15.7. The molecule has 1 atom stereocenters. The van der Waals surface area contributed by atoms with Crippen LogP contribution in [0.2, 0.25) is 0 Å². The van der Waals surface area contributed by atoms with Gasteiger partial charge in [-0.2, -0.15) is 0 Å². The van der Waals surface area contributed by atoms with Crippen LogP contribution in [0.1, 0.15) is 43.7 Å². The van der Waals surface area contributed by atoms with Gasteiger partial charge >= 0.3 is 465 Å². The van der Waals surface area contributed by atoms with Crippen LogP contribution in [0.3, 0.4) is 0 Å². The van der Waals surface area contributed by atoms with Crippen molar-refractivity contribution in [2.24, 2.45) is 5.92 Å². The van der Waals surface area contributed by atoms with Gasteiger partial charge in [0, 0.05) is 0 Å². The van der Waals surface area contributed by atoms with E-state index in [0.717, 1.165) is 89.0 Å². The van der Waals surface area contributed by atoms with Gasteiger partial charge in [-0.25, -0.2) is 0 Å². The molecule has 1 radical (unpaired) electrons. The number of Topliss-reactive ketones (excluding diaryl/α,β-unsaturated/α-hetero) is 1. The van der Waals surface area contributed by atoms with Crippen LogP contribution in [0.5, 0.6) is 0 Å². The normalized spacial score (nSPS) is 15.3. The molecule has 0 fully saturated rings. The SMILES string of the molecule is O=C1c2ccccc2[Te]=C2C=C3C(=CC12)C(c1ccc2ccccc2c1)(c1ccc2ccccc2c1)c1ccc(N(c2cccc(-c4ccccc4)c2)c2cccc(-c4ccccc4)c2)cc1C3(c1ccc2ccccc2c1)c1ccc2ccccc2c1. The Kier molecular flexibility index (Phi) is 12.4. The summed E-state index contributed by atoms with van der Waals surface area (Å²) in [6.07, 6.45) is 5.03. The fraction of sp³-hybridized carbons (Fsp3) is 0.0353. The van der Waals surface area contributed by atoms with Crippen molar-refractivity contribution in [1.82, 2.24) is 0 Å². The standard InChI is InChI=1S/C85H56NOTe/c87-83-75-35-15-16-36-81(75)88-82-55-80-79(54-76(82)83)84(68-41-37-58-23-7-11-27-62(58)47-68,69-42-38-59-24-8-12-28-63(59)48-69)77-46-45-74(53-78(77)85(80,70-43-39-60-25-9-13-29-64(60)49-70)71-44-40-61-26-10-14-30-65(61)50-71)86(72-33-17-31-66(51-72)56-19-3-1-4-20-56)73-34-18-32-67(52-73)57-21-5-2-6-22-57/h1-55,76H. The Labute approximate surface area is 522 Å². The predicted molar refractivity (Wildman–Crippen MR) is 368 cm³/mol. The van der Waals surface area contributed by atoms with Crippen LogP contribution >= 0.6 is 0 Å². The molecule has 0 saturated carbocycles. The molecule has 413 valence electrons. The summed E-state index contributed by atoms with van der Waals surface area (Å²) in [5, 5.41) is 9.35. The molecule has 17 rings (SSSR count). The number of anilines is 3. The summed E-state index contributed by atoms with van der Waals surface area (Å²) in [5.74, 6) is -0.266. The first-order valence-electron chi connectivity index (χ1n) is 30.4. The van der Waals surface area contributed by atoms with Gasteiger partial charge < -0.3 is 0 Å². The topological polar surface area (TPSA) is 20.3 Å². The summed E-state index contributed by atoms with van der Waals surface area (Å²) in [5.41, 5.74) is 15.9. The molecule has 14 aromatic carbocycles. The zero-order valence-corrected chi connectivity index (χ0v) is 50.4. The molecule has 2 aliphatic carbocycles. The first-order valence-corrected chi connectivity index (χ1v) is 32.7. The number of nitrogens with zero attached hydrogens (tertiary/aromatic N) is 1. The first kappa shape index (κ1) is 52.1. The van der Waals surface area contributed by atoms with E-state index in [1.165, 1.54) is 50.6 Å². The summed E-state index contributed by atoms with van der Waals surface area (Å²) < 4.78 is 2.43. The first-order chi connectivity index (χ1) is 43.5. The van der Waals surface area contributed by atoms with Gasteiger partial charge in [-0.1, -0.05) is 60.7 Å². The minimum atomic E-state index is -1.04. The molecule has 0 spiro atoms. The molecule has 3 heteroatoms. The van der Waals surface area contributed by atoms with E-state index in [-0.39, 0.29) is 5.78 Å². The van der Waals surface area contributed by atoms with Crippen molar-refractivity contribution >= 4 is 93.5 Å². The van der Waals surface area contributed by atoms with Gasteiger partial charge in [-0.15, -0.1) is 0 Å². The van der Waals surface area contributed by atoms with E-state index in [4.69, 9.17) is 0 Å². The van der Waals surface area contributed by atoms with Gasteiger partial charge in [-0.3, -0.25) is 0 Å². The minimum absolute atomic E-state index is 0.171. The third-order valence-electron chi connectivity index (χ3n) is 18.9.